The molecule has 1 fully saturated rings. The largest absolute Gasteiger partial charge is 0.532 e. The molecular formula is C10H14BBrO3. The SMILES string of the molecule is CC1(C)OB(c2ccc(Br)o2)OC1(C)C. The average molecular weight is 273 g/mol. The van der Waals surface area contributed by atoms with E-state index < -0.39 is 7.12 Å². The van der Waals surface area contributed by atoms with Crippen molar-refractivity contribution < 1.29 is 13.7 Å². The van der Waals surface area contributed by atoms with Crippen molar-refractivity contribution in [1.82, 2.24) is 0 Å². The molecule has 0 radical (unpaired) electrons. The Labute approximate surface area is 98.4 Å². The number of hydrogen-bond acceptors (Lipinski definition) is 3. The maximum Gasteiger partial charge on any atom is 0.532 e. The molecule has 1 aromatic heterocycles. The molecule has 0 bridgehead atoms. The van der Waals surface area contributed by atoms with Crippen LogP contribution in [-0.4, -0.2) is 18.3 Å². The van der Waals surface area contributed by atoms with Gasteiger partial charge in [0.1, 0.15) is 5.66 Å². The fourth-order valence-corrected chi connectivity index (χ4v) is 1.73. The fraction of sp³-hybridized carbons (Fsp3) is 0.600. The molecule has 0 spiro atoms. The number of furan rings is 1. The van der Waals surface area contributed by atoms with Crippen molar-refractivity contribution in [2.45, 2.75) is 38.9 Å². The van der Waals surface area contributed by atoms with Crippen molar-refractivity contribution in [3.8, 4) is 0 Å². The number of halogens is 1. The van der Waals surface area contributed by atoms with Crippen LogP contribution in [0.25, 0.3) is 0 Å². The summed E-state index contributed by atoms with van der Waals surface area (Å²) in [6.45, 7) is 8.08. The summed E-state index contributed by atoms with van der Waals surface area (Å²) in [6, 6.07) is 3.69. The Hall–Kier alpha value is -0.255. The highest BCUT2D eigenvalue weighted by atomic mass is 79.9. The van der Waals surface area contributed by atoms with Crippen LogP contribution in [0.2, 0.25) is 0 Å². The van der Waals surface area contributed by atoms with E-state index in [9.17, 15) is 0 Å². The summed E-state index contributed by atoms with van der Waals surface area (Å²) in [5, 5.41) is 0. The van der Waals surface area contributed by atoms with Crippen LogP contribution in [0, 0.1) is 0 Å². The molecule has 0 aromatic carbocycles. The average Bonchev–Trinajstić information content (AvgIpc) is 2.56. The minimum Gasteiger partial charge on any atom is -0.458 e. The summed E-state index contributed by atoms with van der Waals surface area (Å²) in [6.07, 6.45) is 0. The molecule has 1 aromatic rings. The highest BCUT2D eigenvalue weighted by Gasteiger charge is 2.53. The predicted octanol–water partition coefficient (Wildman–Crippen LogP) is 2.34. The van der Waals surface area contributed by atoms with Gasteiger partial charge in [0.2, 0.25) is 0 Å². The van der Waals surface area contributed by atoms with Crippen LogP contribution in [0.3, 0.4) is 0 Å². The lowest BCUT2D eigenvalue weighted by Crippen LogP contribution is -2.41. The smallest absolute Gasteiger partial charge is 0.458 e. The maximum atomic E-state index is 5.83. The molecule has 2 heterocycles. The van der Waals surface area contributed by atoms with Crippen molar-refractivity contribution >= 4 is 28.7 Å². The normalized spacial score (nSPS) is 23.4. The zero-order valence-corrected chi connectivity index (χ0v) is 10.9. The highest BCUT2D eigenvalue weighted by Crippen LogP contribution is 2.36. The van der Waals surface area contributed by atoms with E-state index in [1.165, 1.54) is 0 Å². The van der Waals surface area contributed by atoms with Crippen LogP contribution in [0.1, 0.15) is 27.7 Å². The van der Waals surface area contributed by atoms with Gasteiger partial charge in [-0.1, -0.05) is 0 Å². The van der Waals surface area contributed by atoms with E-state index in [1.807, 2.05) is 39.8 Å². The zero-order chi connectivity index (χ0) is 11.3. The summed E-state index contributed by atoms with van der Waals surface area (Å²) >= 11 is 3.26. The van der Waals surface area contributed by atoms with Crippen LogP contribution in [0.4, 0.5) is 0 Å². The zero-order valence-electron chi connectivity index (χ0n) is 9.33. The Morgan fingerprint density at radius 2 is 1.60 bits per heavy atom. The summed E-state index contributed by atoms with van der Waals surface area (Å²) in [4.78, 5) is 0. The maximum absolute atomic E-state index is 5.83. The van der Waals surface area contributed by atoms with Crippen molar-refractivity contribution in [1.29, 1.82) is 0 Å². The first-order chi connectivity index (χ1) is 6.82. The minimum atomic E-state index is -0.415. The van der Waals surface area contributed by atoms with Crippen molar-refractivity contribution in [3.05, 3.63) is 16.8 Å². The third kappa shape index (κ3) is 1.88. The summed E-state index contributed by atoms with van der Waals surface area (Å²) < 4.78 is 17.8. The molecular weight excluding hydrogens is 259 g/mol. The molecule has 0 amide bonds. The van der Waals surface area contributed by atoms with Crippen LogP contribution in [0.15, 0.2) is 21.2 Å². The van der Waals surface area contributed by atoms with Gasteiger partial charge < -0.3 is 13.7 Å². The summed E-state index contributed by atoms with van der Waals surface area (Å²) in [5.41, 5.74) is 0.0500. The van der Waals surface area contributed by atoms with Gasteiger partial charge in [0.05, 0.1) is 11.2 Å². The molecule has 5 heteroatoms. The van der Waals surface area contributed by atoms with E-state index in [-0.39, 0.29) is 11.2 Å². The van der Waals surface area contributed by atoms with E-state index in [1.54, 1.807) is 0 Å². The molecule has 2 rings (SSSR count). The van der Waals surface area contributed by atoms with Gasteiger partial charge in [0.25, 0.3) is 0 Å². The second-order valence-electron chi connectivity index (χ2n) is 4.73. The number of hydrogen-bond donors (Lipinski definition) is 0. The molecule has 15 heavy (non-hydrogen) atoms. The van der Waals surface area contributed by atoms with Gasteiger partial charge in [0.15, 0.2) is 4.67 Å². The Morgan fingerprint density at radius 1 is 1.07 bits per heavy atom. The molecule has 0 aliphatic carbocycles. The Morgan fingerprint density at radius 3 is 2.00 bits per heavy atom. The topological polar surface area (TPSA) is 31.6 Å². The standard InChI is InChI=1S/C10H14BBrO3/c1-9(2)10(3,4)15-11(14-9)7-5-6-8(12)13-7/h5-6H,1-4H3. The molecule has 0 N–H and O–H groups in total. The van der Waals surface area contributed by atoms with Crippen LogP contribution in [0.5, 0.6) is 0 Å². The predicted molar refractivity (Wildman–Crippen MR) is 62.1 cm³/mol. The van der Waals surface area contributed by atoms with Crippen molar-refractivity contribution in [2.75, 3.05) is 0 Å². The monoisotopic (exact) mass is 272 g/mol. The van der Waals surface area contributed by atoms with Gasteiger partial charge in [-0.25, -0.2) is 0 Å². The van der Waals surface area contributed by atoms with Gasteiger partial charge in [-0.05, 0) is 55.8 Å². The lowest BCUT2D eigenvalue weighted by atomic mass is 9.86. The van der Waals surface area contributed by atoms with Gasteiger partial charge in [-0.2, -0.15) is 0 Å². The van der Waals surface area contributed by atoms with E-state index in [0.29, 0.717) is 10.3 Å². The first-order valence-corrected chi connectivity index (χ1v) is 5.72. The molecule has 1 aliphatic rings. The van der Waals surface area contributed by atoms with Gasteiger partial charge in [0, 0.05) is 0 Å². The summed E-state index contributed by atoms with van der Waals surface area (Å²) in [5.74, 6) is 0. The van der Waals surface area contributed by atoms with Gasteiger partial charge >= 0.3 is 7.12 Å². The second-order valence-corrected chi connectivity index (χ2v) is 5.51. The Kier molecular flexibility index (Phi) is 2.52. The summed E-state index contributed by atoms with van der Waals surface area (Å²) in [7, 11) is -0.415. The first kappa shape index (κ1) is 11.2. The lowest BCUT2D eigenvalue weighted by molar-refractivity contribution is 0.00578. The van der Waals surface area contributed by atoms with E-state index >= 15 is 0 Å². The first-order valence-electron chi connectivity index (χ1n) is 4.93. The quantitative estimate of drug-likeness (QED) is 0.736. The molecule has 0 atom stereocenters. The minimum absolute atomic E-state index is 0.322. The molecule has 82 valence electrons. The molecule has 1 aliphatic heterocycles. The van der Waals surface area contributed by atoms with Crippen LogP contribution >= 0.6 is 15.9 Å². The highest BCUT2D eigenvalue weighted by molar-refractivity contribution is 9.10. The second kappa shape index (κ2) is 3.37. The molecule has 3 nitrogen and oxygen atoms in total. The Bertz CT molecular complexity index is 356. The van der Waals surface area contributed by atoms with Crippen molar-refractivity contribution in [2.24, 2.45) is 0 Å². The van der Waals surface area contributed by atoms with E-state index in [2.05, 4.69) is 15.9 Å². The lowest BCUT2D eigenvalue weighted by Gasteiger charge is -2.32. The van der Waals surface area contributed by atoms with Gasteiger partial charge in [-0.15, -0.1) is 0 Å². The van der Waals surface area contributed by atoms with Crippen LogP contribution < -0.4 is 5.66 Å². The fourth-order valence-electron chi connectivity index (χ4n) is 1.41. The van der Waals surface area contributed by atoms with Crippen molar-refractivity contribution in [3.63, 3.8) is 0 Å². The molecule has 1 saturated heterocycles. The third-order valence-electron chi connectivity index (χ3n) is 3.08. The van der Waals surface area contributed by atoms with E-state index in [0.717, 1.165) is 0 Å². The molecule has 0 saturated carbocycles. The number of rotatable bonds is 1. The molecule has 0 unspecified atom stereocenters. The van der Waals surface area contributed by atoms with Gasteiger partial charge in [-0.3, -0.25) is 0 Å². The third-order valence-corrected chi connectivity index (χ3v) is 3.51. The van der Waals surface area contributed by atoms with Crippen LogP contribution in [-0.2, 0) is 9.31 Å². The Balaban J connectivity index is 2.23. The van der Waals surface area contributed by atoms with E-state index in [4.69, 9.17) is 13.7 Å².